The Balaban J connectivity index is 2.03. The highest BCUT2D eigenvalue weighted by molar-refractivity contribution is 5.85. The van der Waals surface area contributed by atoms with Gasteiger partial charge in [-0.1, -0.05) is 0 Å². The van der Waals surface area contributed by atoms with E-state index in [0.29, 0.717) is 28.3 Å². The summed E-state index contributed by atoms with van der Waals surface area (Å²) in [5.41, 5.74) is 1.19. The van der Waals surface area contributed by atoms with Crippen molar-refractivity contribution in [2.45, 2.75) is 20.0 Å². The molecule has 3 rings (SSSR count). The summed E-state index contributed by atoms with van der Waals surface area (Å²) >= 11 is 0. The van der Waals surface area contributed by atoms with E-state index in [0.717, 1.165) is 5.39 Å². The number of fused-ring (bicyclic) bond motifs is 1. The maximum Gasteiger partial charge on any atom is 0.256 e. The van der Waals surface area contributed by atoms with Gasteiger partial charge in [-0.25, -0.2) is 0 Å². The van der Waals surface area contributed by atoms with Gasteiger partial charge >= 0.3 is 0 Å². The zero-order valence-corrected chi connectivity index (χ0v) is 13.3. The first-order valence-corrected chi connectivity index (χ1v) is 7.41. The highest BCUT2D eigenvalue weighted by Gasteiger charge is 2.07. The molecular formula is C18H18N2O3. The number of pyridine rings is 2. The minimum absolute atomic E-state index is 0.0931. The smallest absolute Gasteiger partial charge is 0.256 e. The number of hydrogen-bond donors (Lipinski definition) is 1. The third-order valence-electron chi connectivity index (χ3n) is 3.44. The van der Waals surface area contributed by atoms with Gasteiger partial charge in [0.2, 0.25) is 0 Å². The summed E-state index contributed by atoms with van der Waals surface area (Å²) in [6.45, 7) is 3.92. The molecule has 5 nitrogen and oxygen atoms in total. The molecular weight excluding hydrogens is 292 g/mol. The summed E-state index contributed by atoms with van der Waals surface area (Å²) in [6, 6.07) is 10.9. The molecule has 2 aromatic heterocycles. The Kier molecular flexibility index (Phi) is 4.02. The number of nitrogens with zero attached hydrogens (tertiary/aromatic N) is 1. The molecule has 23 heavy (non-hydrogen) atoms. The van der Waals surface area contributed by atoms with Gasteiger partial charge in [-0.2, -0.15) is 0 Å². The molecule has 0 fully saturated rings. The largest absolute Gasteiger partial charge is 0.497 e. The predicted octanol–water partition coefficient (Wildman–Crippen LogP) is 3.39. The van der Waals surface area contributed by atoms with Crippen LogP contribution < -0.4 is 15.0 Å². The highest BCUT2D eigenvalue weighted by Crippen LogP contribution is 2.23. The van der Waals surface area contributed by atoms with Crippen molar-refractivity contribution in [3.63, 3.8) is 0 Å². The van der Waals surface area contributed by atoms with E-state index >= 15 is 0 Å². The van der Waals surface area contributed by atoms with E-state index in [1.165, 1.54) is 0 Å². The number of nitrogens with one attached hydrogen (secondary N) is 1. The van der Waals surface area contributed by atoms with Crippen LogP contribution in [0.1, 0.15) is 13.8 Å². The van der Waals surface area contributed by atoms with Crippen molar-refractivity contribution in [3.05, 3.63) is 52.9 Å². The van der Waals surface area contributed by atoms with Crippen LogP contribution in [-0.2, 0) is 0 Å². The summed E-state index contributed by atoms with van der Waals surface area (Å²) < 4.78 is 10.8. The van der Waals surface area contributed by atoms with Gasteiger partial charge in [-0.15, -0.1) is 0 Å². The third-order valence-corrected chi connectivity index (χ3v) is 3.44. The van der Waals surface area contributed by atoms with Crippen LogP contribution in [-0.4, -0.2) is 23.2 Å². The summed E-state index contributed by atoms with van der Waals surface area (Å²) in [6.07, 6.45) is 1.75. The minimum Gasteiger partial charge on any atom is -0.497 e. The number of aromatic amines is 1. The molecule has 0 unspecified atom stereocenters. The van der Waals surface area contributed by atoms with Crippen molar-refractivity contribution in [2.75, 3.05) is 7.11 Å². The van der Waals surface area contributed by atoms with E-state index in [2.05, 4.69) is 9.97 Å². The van der Waals surface area contributed by atoms with E-state index in [1.54, 1.807) is 25.4 Å². The molecule has 0 amide bonds. The first-order valence-electron chi connectivity index (χ1n) is 7.41. The quantitative estimate of drug-likeness (QED) is 0.802. The average Bonchev–Trinajstić information content (AvgIpc) is 2.54. The van der Waals surface area contributed by atoms with E-state index < -0.39 is 0 Å². The summed E-state index contributed by atoms with van der Waals surface area (Å²) in [5, 5.41) is 1.43. The topological polar surface area (TPSA) is 64.2 Å². The summed E-state index contributed by atoms with van der Waals surface area (Å²) in [7, 11) is 1.60. The Morgan fingerprint density at radius 2 is 1.87 bits per heavy atom. The lowest BCUT2D eigenvalue weighted by Gasteiger charge is -2.10. The number of H-pyrrole nitrogens is 1. The van der Waals surface area contributed by atoms with Gasteiger partial charge in [-0.05, 0) is 55.6 Å². The molecule has 0 spiro atoms. The lowest BCUT2D eigenvalue weighted by Crippen LogP contribution is -2.08. The molecule has 1 N–H and O–H groups in total. The maximum absolute atomic E-state index is 12.2. The summed E-state index contributed by atoms with van der Waals surface area (Å²) in [5.74, 6) is 1.41. The van der Waals surface area contributed by atoms with Crippen LogP contribution in [0.4, 0.5) is 0 Å². The van der Waals surface area contributed by atoms with Crippen LogP contribution in [0.15, 0.2) is 47.4 Å². The second kappa shape index (κ2) is 6.12. The number of ether oxygens (including phenoxy) is 2. The van der Waals surface area contributed by atoms with Crippen LogP contribution in [0.3, 0.4) is 0 Å². The Morgan fingerprint density at radius 1 is 1.09 bits per heavy atom. The zero-order valence-electron chi connectivity index (χ0n) is 13.3. The van der Waals surface area contributed by atoms with Crippen LogP contribution in [0.2, 0.25) is 0 Å². The lowest BCUT2D eigenvalue weighted by molar-refractivity contribution is 0.241. The molecule has 0 saturated heterocycles. The van der Waals surface area contributed by atoms with Gasteiger partial charge in [-0.3, -0.25) is 9.78 Å². The number of aromatic nitrogens is 2. The summed E-state index contributed by atoms with van der Waals surface area (Å²) in [4.78, 5) is 19.5. The SMILES string of the molecule is COc1ccc2c(=O)[nH]c(-c3ccc(OC(C)C)cn3)cc2c1. The second-order valence-electron chi connectivity index (χ2n) is 5.51. The van der Waals surface area contributed by atoms with Crippen molar-refractivity contribution in [2.24, 2.45) is 0 Å². The molecule has 0 radical (unpaired) electrons. The highest BCUT2D eigenvalue weighted by atomic mass is 16.5. The fourth-order valence-electron chi connectivity index (χ4n) is 2.39. The number of benzene rings is 1. The minimum atomic E-state index is -0.149. The van der Waals surface area contributed by atoms with Gasteiger partial charge in [0, 0.05) is 5.39 Å². The average molecular weight is 310 g/mol. The van der Waals surface area contributed by atoms with Gasteiger partial charge in [0.25, 0.3) is 5.56 Å². The Labute approximate surface area is 133 Å². The monoisotopic (exact) mass is 310 g/mol. The Bertz CT molecular complexity index is 883. The van der Waals surface area contributed by atoms with Crippen molar-refractivity contribution < 1.29 is 9.47 Å². The van der Waals surface area contributed by atoms with Crippen molar-refractivity contribution >= 4 is 10.8 Å². The normalized spacial score (nSPS) is 11.0. The Hall–Kier alpha value is -2.82. The predicted molar refractivity (Wildman–Crippen MR) is 90.1 cm³/mol. The second-order valence-corrected chi connectivity index (χ2v) is 5.51. The van der Waals surface area contributed by atoms with Crippen LogP contribution >= 0.6 is 0 Å². The molecule has 3 aromatic rings. The molecule has 1 aromatic carbocycles. The van der Waals surface area contributed by atoms with Crippen LogP contribution in [0.25, 0.3) is 22.2 Å². The van der Waals surface area contributed by atoms with E-state index in [-0.39, 0.29) is 11.7 Å². The molecule has 118 valence electrons. The fraction of sp³-hybridized carbons (Fsp3) is 0.222. The lowest BCUT2D eigenvalue weighted by atomic mass is 10.1. The molecule has 0 bridgehead atoms. The molecule has 5 heteroatoms. The van der Waals surface area contributed by atoms with Crippen LogP contribution in [0, 0.1) is 0 Å². The molecule has 0 saturated carbocycles. The molecule has 2 heterocycles. The van der Waals surface area contributed by atoms with Gasteiger partial charge < -0.3 is 14.5 Å². The van der Waals surface area contributed by atoms with Crippen LogP contribution in [0.5, 0.6) is 11.5 Å². The standard InChI is InChI=1S/C18H18N2O3/c1-11(2)23-14-5-7-16(19-10-14)17-9-12-8-13(22-3)4-6-15(12)18(21)20-17/h4-11H,1-3H3,(H,20,21). The molecule has 0 aliphatic carbocycles. The van der Waals surface area contributed by atoms with E-state index in [1.807, 2.05) is 38.1 Å². The van der Waals surface area contributed by atoms with E-state index in [4.69, 9.17) is 9.47 Å². The van der Waals surface area contributed by atoms with Gasteiger partial charge in [0.1, 0.15) is 11.5 Å². The first-order chi connectivity index (χ1) is 11.1. The molecule has 0 aliphatic rings. The third kappa shape index (κ3) is 3.18. The fourth-order valence-corrected chi connectivity index (χ4v) is 2.39. The number of rotatable bonds is 4. The first kappa shape index (κ1) is 15.1. The van der Waals surface area contributed by atoms with Gasteiger partial charge in [0.05, 0.1) is 30.8 Å². The van der Waals surface area contributed by atoms with Crippen molar-refractivity contribution in [1.29, 1.82) is 0 Å². The molecule has 0 atom stereocenters. The number of methoxy groups -OCH3 is 1. The number of hydrogen-bond acceptors (Lipinski definition) is 4. The zero-order chi connectivity index (χ0) is 16.4. The van der Waals surface area contributed by atoms with Crippen molar-refractivity contribution in [1.82, 2.24) is 9.97 Å². The van der Waals surface area contributed by atoms with E-state index in [9.17, 15) is 4.79 Å². The maximum atomic E-state index is 12.2. The van der Waals surface area contributed by atoms with Gasteiger partial charge in [0.15, 0.2) is 0 Å². The molecule has 0 aliphatic heterocycles. The van der Waals surface area contributed by atoms with Crippen molar-refractivity contribution in [3.8, 4) is 22.9 Å². The Morgan fingerprint density at radius 3 is 2.52 bits per heavy atom.